The van der Waals surface area contributed by atoms with Crippen molar-refractivity contribution >= 4 is 33.4 Å². The second-order valence-corrected chi connectivity index (χ2v) is 5.37. The lowest BCUT2D eigenvalue weighted by Crippen LogP contribution is -2.39. The average Bonchev–Trinajstić information content (AvgIpc) is 2.35. The van der Waals surface area contributed by atoms with E-state index in [4.69, 9.17) is 16.3 Å². The summed E-state index contributed by atoms with van der Waals surface area (Å²) >= 11 is 8.97. The Balaban J connectivity index is 2.10. The standard InChI is InChI=1S/C12H12BrClFNO2/c13-9-6-11(15)8(5-10(9)14)12(17)16-7-1-3-18-4-2-7/h5-7H,1-4H2,(H,16,17). The number of amides is 1. The highest BCUT2D eigenvalue weighted by molar-refractivity contribution is 9.10. The zero-order valence-electron chi connectivity index (χ0n) is 9.51. The van der Waals surface area contributed by atoms with E-state index < -0.39 is 11.7 Å². The van der Waals surface area contributed by atoms with E-state index in [1.807, 2.05) is 0 Å². The summed E-state index contributed by atoms with van der Waals surface area (Å²) in [5, 5.41) is 3.10. The third kappa shape index (κ3) is 3.22. The molecular formula is C12H12BrClFNO2. The molecule has 0 spiro atoms. The minimum absolute atomic E-state index is 0.0327. The van der Waals surface area contributed by atoms with E-state index in [0.29, 0.717) is 22.7 Å². The van der Waals surface area contributed by atoms with Crippen LogP contribution in [-0.4, -0.2) is 25.2 Å². The van der Waals surface area contributed by atoms with E-state index in [9.17, 15) is 9.18 Å². The summed E-state index contributed by atoms with van der Waals surface area (Å²) < 4.78 is 19.3. The normalized spacial score (nSPS) is 16.6. The van der Waals surface area contributed by atoms with Crippen LogP contribution in [0.25, 0.3) is 0 Å². The maximum absolute atomic E-state index is 13.7. The monoisotopic (exact) mass is 335 g/mol. The van der Waals surface area contributed by atoms with Crippen LogP contribution < -0.4 is 5.32 Å². The minimum atomic E-state index is -0.587. The Hall–Kier alpha value is -0.650. The molecule has 1 N–H and O–H groups in total. The van der Waals surface area contributed by atoms with Crippen LogP contribution >= 0.6 is 27.5 Å². The quantitative estimate of drug-likeness (QED) is 0.843. The summed E-state index contributed by atoms with van der Waals surface area (Å²) in [7, 11) is 0. The number of carbonyl (C=O) groups excluding carboxylic acids is 1. The van der Waals surface area contributed by atoms with Gasteiger partial charge in [-0.2, -0.15) is 0 Å². The Kier molecular flexibility index (Phi) is 4.59. The van der Waals surface area contributed by atoms with Crippen molar-refractivity contribution in [2.75, 3.05) is 13.2 Å². The Morgan fingerprint density at radius 3 is 2.78 bits per heavy atom. The molecule has 1 aliphatic rings. The van der Waals surface area contributed by atoms with Gasteiger partial charge in [-0.15, -0.1) is 0 Å². The molecule has 2 rings (SSSR count). The van der Waals surface area contributed by atoms with Gasteiger partial charge in [0.1, 0.15) is 5.82 Å². The number of nitrogens with one attached hydrogen (secondary N) is 1. The van der Waals surface area contributed by atoms with Crippen LogP contribution in [0, 0.1) is 5.82 Å². The SMILES string of the molecule is O=C(NC1CCOCC1)c1cc(Cl)c(Br)cc1F. The first-order chi connectivity index (χ1) is 8.58. The third-order valence-corrected chi connectivity index (χ3v) is 4.01. The minimum Gasteiger partial charge on any atom is -0.381 e. The maximum atomic E-state index is 13.7. The molecule has 0 unspecified atom stereocenters. The molecule has 3 nitrogen and oxygen atoms in total. The van der Waals surface area contributed by atoms with Crippen molar-refractivity contribution in [2.24, 2.45) is 0 Å². The molecule has 1 amide bonds. The van der Waals surface area contributed by atoms with Gasteiger partial charge in [0.05, 0.1) is 10.6 Å². The largest absolute Gasteiger partial charge is 0.381 e. The van der Waals surface area contributed by atoms with E-state index in [0.717, 1.165) is 12.8 Å². The number of carbonyl (C=O) groups is 1. The van der Waals surface area contributed by atoms with Gasteiger partial charge in [-0.05, 0) is 40.9 Å². The van der Waals surface area contributed by atoms with Crippen LogP contribution in [0.15, 0.2) is 16.6 Å². The Labute approximate surface area is 118 Å². The van der Waals surface area contributed by atoms with Gasteiger partial charge in [0.25, 0.3) is 5.91 Å². The van der Waals surface area contributed by atoms with Crippen molar-refractivity contribution in [1.82, 2.24) is 5.32 Å². The first kappa shape index (κ1) is 13.8. The van der Waals surface area contributed by atoms with Crippen molar-refractivity contribution in [1.29, 1.82) is 0 Å². The van der Waals surface area contributed by atoms with E-state index in [1.54, 1.807) is 0 Å². The summed E-state index contributed by atoms with van der Waals surface area (Å²) in [5.74, 6) is -1.02. The molecule has 0 radical (unpaired) electrons. The summed E-state index contributed by atoms with van der Waals surface area (Å²) in [5.41, 5.74) is -0.0327. The number of hydrogen-bond donors (Lipinski definition) is 1. The van der Waals surface area contributed by atoms with Crippen LogP contribution in [0.1, 0.15) is 23.2 Å². The first-order valence-corrected chi connectivity index (χ1v) is 6.78. The van der Waals surface area contributed by atoms with Gasteiger partial charge in [-0.3, -0.25) is 4.79 Å². The molecule has 1 aliphatic heterocycles. The zero-order chi connectivity index (χ0) is 13.1. The van der Waals surface area contributed by atoms with Crippen LogP contribution in [0.4, 0.5) is 4.39 Å². The highest BCUT2D eigenvalue weighted by atomic mass is 79.9. The molecule has 1 saturated heterocycles. The van der Waals surface area contributed by atoms with Crippen molar-refractivity contribution in [3.8, 4) is 0 Å². The molecule has 98 valence electrons. The van der Waals surface area contributed by atoms with E-state index >= 15 is 0 Å². The van der Waals surface area contributed by atoms with E-state index in [-0.39, 0.29) is 11.6 Å². The molecule has 18 heavy (non-hydrogen) atoms. The Bertz CT molecular complexity index is 464. The second-order valence-electron chi connectivity index (χ2n) is 4.11. The Morgan fingerprint density at radius 1 is 1.44 bits per heavy atom. The van der Waals surface area contributed by atoms with E-state index in [1.165, 1.54) is 12.1 Å². The molecule has 1 aromatic carbocycles. The van der Waals surface area contributed by atoms with Crippen molar-refractivity contribution in [2.45, 2.75) is 18.9 Å². The molecule has 1 fully saturated rings. The summed E-state index contributed by atoms with van der Waals surface area (Å²) in [4.78, 5) is 11.9. The van der Waals surface area contributed by atoms with Crippen LogP contribution in [0.2, 0.25) is 5.02 Å². The van der Waals surface area contributed by atoms with Crippen LogP contribution in [0.3, 0.4) is 0 Å². The predicted molar refractivity (Wildman–Crippen MR) is 70.4 cm³/mol. The summed E-state index contributed by atoms with van der Waals surface area (Å²) in [6, 6.07) is 2.56. The van der Waals surface area contributed by atoms with Gasteiger partial charge in [0, 0.05) is 23.7 Å². The molecule has 1 heterocycles. The highest BCUT2D eigenvalue weighted by Crippen LogP contribution is 2.25. The van der Waals surface area contributed by atoms with Crippen molar-refractivity contribution in [3.63, 3.8) is 0 Å². The third-order valence-electron chi connectivity index (χ3n) is 2.81. The highest BCUT2D eigenvalue weighted by Gasteiger charge is 2.20. The van der Waals surface area contributed by atoms with Gasteiger partial charge >= 0.3 is 0 Å². The van der Waals surface area contributed by atoms with Crippen molar-refractivity contribution in [3.05, 3.63) is 33.0 Å². The number of ether oxygens (including phenoxy) is 1. The van der Waals surface area contributed by atoms with E-state index in [2.05, 4.69) is 21.2 Å². The maximum Gasteiger partial charge on any atom is 0.254 e. The number of benzene rings is 1. The number of hydrogen-bond acceptors (Lipinski definition) is 2. The van der Waals surface area contributed by atoms with Gasteiger partial charge in [0.15, 0.2) is 0 Å². The fraction of sp³-hybridized carbons (Fsp3) is 0.417. The first-order valence-electron chi connectivity index (χ1n) is 5.61. The zero-order valence-corrected chi connectivity index (χ0v) is 11.9. The fourth-order valence-corrected chi connectivity index (χ4v) is 2.28. The van der Waals surface area contributed by atoms with Gasteiger partial charge in [-0.1, -0.05) is 11.6 Å². The smallest absolute Gasteiger partial charge is 0.254 e. The van der Waals surface area contributed by atoms with Crippen LogP contribution in [-0.2, 0) is 4.74 Å². The number of rotatable bonds is 2. The number of halogens is 3. The molecule has 0 saturated carbocycles. The summed E-state index contributed by atoms with van der Waals surface area (Å²) in [6.07, 6.45) is 1.50. The lowest BCUT2D eigenvalue weighted by atomic mass is 10.1. The molecule has 1 aromatic rings. The molecule has 6 heteroatoms. The molecule has 0 bridgehead atoms. The van der Waals surface area contributed by atoms with Gasteiger partial charge < -0.3 is 10.1 Å². The summed E-state index contributed by atoms with van der Waals surface area (Å²) in [6.45, 7) is 1.24. The Morgan fingerprint density at radius 2 is 2.11 bits per heavy atom. The lowest BCUT2D eigenvalue weighted by Gasteiger charge is -2.23. The van der Waals surface area contributed by atoms with Gasteiger partial charge in [0.2, 0.25) is 0 Å². The lowest BCUT2D eigenvalue weighted by molar-refractivity contribution is 0.0694. The topological polar surface area (TPSA) is 38.3 Å². The van der Waals surface area contributed by atoms with Gasteiger partial charge in [-0.25, -0.2) is 4.39 Å². The fourth-order valence-electron chi connectivity index (χ4n) is 1.80. The van der Waals surface area contributed by atoms with Crippen molar-refractivity contribution < 1.29 is 13.9 Å². The molecule has 0 atom stereocenters. The molecule has 0 aromatic heterocycles. The molecular weight excluding hydrogens is 324 g/mol. The average molecular weight is 337 g/mol. The molecule has 0 aliphatic carbocycles. The second kappa shape index (κ2) is 5.99. The predicted octanol–water partition coefficient (Wildman–Crippen LogP) is 3.15. The van der Waals surface area contributed by atoms with Crippen LogP contribution in [0.5, 0.6) is 0 Å².